The molecule has 2 heterocycles. The summed E-state index contributed by atoms with van der Waals surface area (Å²) in [7, 11) is 0. The highest BCUT2D eigenvalue weighted by Gasteiger charge is 2.32. The van der Waals surface area contributed by atoms with Gasteiger partial charge in [-0.1, -0.05) is 67.5 Å². The van der Waals surface area contributed by atoms with Crippen molar-refractivity contribution in [2.24, 2.45) is 0 Å². The summed E-state index contributed by atoms with van der Waals surface area (Å²) in [6.07, 6.45) is 0.338. The molecule has 2 aromatic carbocycles. The third-order valence-corrected chi connectivity index (χ3v) is 6.44. The molecule has 0 unspecified atom stereocenters. The summed E-state index contributed by atoms with van der Waals surface area (Å²) >= 11 is 0. The molecule has 1 aliphatic rings. The third-order valence-electron chi connectivity index (χ3n) is 6.44. The summed E-state index contributed by atoms with van der Waals surface area (Å²) in [5.41, 5.74) is 7.91. The molecule has 4 rings (SSSR count). The molecule has 1 aromatic heterocycles. The van der Waals surface area contributed by atoms with Gasteiger partial charge in [0.2, 0.25) is 0 Å². The van der Waals surface area contributed by atoms with Gasteiger partial charge in [-0.3, -0.25) is 4.79 Å². The molecule has 0 atom stereocenters. The Kier molecular flexibility index (Phi) is 5.49. The summed E-state index contributed by atoms with van der Waals surface area (Å²) in [6, 6.07) is 8.87. The molecule has 31 heavy (non-hydrogen) atoms. The number of benzene rings is 2. The molecule has 0 aliphatic carbocycles. The molecular formula is C28H34O3. The van der Waals surface area contributed by atoms with E-state index in [1.807, 2.05) is 0 Å². The summed E-state index contributed by atoms with van der Waals surface area (Å²) in [5.74, 6) is 2.79. The molecule has 0 fully saturated rings. The first-order valence-corrected chi connectivity index (χ1v) is 11.6. The Hall–Kier alpha value is -2.55. The van der Waals surface area contributed by atoms with Crippen LogP contribution in [0.5, 0.6) is 5.75 Å². The number of esters is 1. The largest absolute Gasteiger partial charge is 0.456 e. The molecule has 0 spiro atoms. The monoisotopic (exact) mass is 418 g/mol. The highest BCUT2D eigenvalue weighted by Crippen LogP contribution is 2.46. The van der Waals surface area contributed by atoms with E-state index in [1.54, 1.807) is 0 Å². The highest BCUT2D eigenvalue weighted by molar-refractivity contribution is 5.91. The lowest BCUT2D eigenvalue weighted by molar-refractivity contribution is -0.131. The minimum absolute atomic E-state index is 0.162. The minimum atomic E-state index is -0.162. The van der Waals surface area contributed by atoms with Gasteiger partial charge in [0.1, 0.15) is 17.1 Å². The Morgan fingerprint density at radius 2 is 1.39 bits per heavy atom. The third kappa shape index (κ3) is 3.58. The van der Waals surface area contributed by atoms with Crippen LogP contribution >= 0.6 is 0 Å². The van der Waals surface area contributed by atoms with Crippen molar-refractivity contribution in [3.63, 3.8) is 0 Å². The summed E-state index contributed by atoms with van der Waals surface area (Å²) in [4.78, 5) is 12.2. The van der Waals surface area contributed by atoms with E-state index in [1.165, 1.54) is 22.1 Å². The number of hydrogen-bond donors (Lipinski definition) is 0. The maximum atomic E-state index is 12.2. The number of ether oxygens (including phenoxy) is 1. The topological polar surface area (TPSA) is 39.4 Å². The first-order valence-electron chi connectivity index (χ1n) is 11.6. The molecule has 0 saturated carbocycles. The van der Waals surface area contributed by atoms with E-state index in [0.29, 0.717) is 18.3 Å². The van der Waals surface area contributed by atoms with Gasteiger partial charge in [-0.2, -0.15) is 0 Å². The van der Waals surface area contributed by atoms with E-state index in [0.717, 1.165) is 33.8 Å². The van der Waals surface area contributed by atoms with Crippen molar-refractivity contribution in [1.82, 2.24) is 0 Å². The number of carbonyl (C=O) groups is 1. The second-order valence-corrected chi connectivity index (χ2v) is 10.1. The van der Waals surface area contributed by atoms with Crippen LogP contribution in [0.15, 0.2) is 28.7 Å². The van der Waals surface area contributed by atoms with Crippen LogP contribution in [-0.2, 0) is 11.2 Å². The van der Waals surface area contributed by atoms with E-state index in [4.69, 9.17) is 9.15 Å². The quantitative estimate of drug-likeness (QED) is 0.311. The molecule has 0 radical (unpaired) electrons. The summed E-state index contributed by atoms with van der Waals surface area (Å²) < 4.78 is 12.3. The van der Waals surface area contributed by atoms with E-state index in [-0.39, 0.29) is 17.8 Å². The molecule has 1 aliphatic heterocycles. The average molecular weight is 419 g/mol. The first kappa shape index (κ1) is 21.7. The van der Waals surface area contributed by atoms with Gasteiger partial charge in [-0.25, -0.2) is 0 Å². The van der Waals surface area contributed by atoms with Crippen molar-refractivity contribution < 1.29 is 13.9 Å². The summed E-state index contributed by atoms with van der Waals surface area (Å²) in [5, 5.41) is 1.20. The van der Waals surface area contributed by atoms with E-state index < -0.39 is 0 Å². The van der Waals surface area contributed by atoms with Gasteiger partial charge in [0.05, 0.1) is 6.42 Å². The molecule has 3 nitrogen and oxygen atoms in total. The van der Waals surface area contributed by atoms with Crippen LogP contribution in [0.25, 0.3) is 22.3 Å². The van der Waals surface area contributed by atoms with Crippen LogP contribution in [0.4, 0.5) is 0 Å². The molecule has 0 N–H and O–H groups in total. The van der Waals surface area contributed by atoms with Crippen molar-refractivity contribution in [2.75, 3.05) is 0 Å². The molecule has 3 heteroatoms. The number of carbonyl (C=O) groups excluding carboxylic acids is 1. The Morgan fingerprint density at radius 3 is 1.97 bits per heavy atom. The van der Waals surface area contributed by atoms with Crippen molar-refractivity contribution in [1.29, 1.82) is 0 Å². The zero-order chi connectivity index (χ0) is 22.6. The van der Waals surface area contributed by atoms with Crippen LogP contribution < -0.4 is 4.74 Å². The Morgan fingerprint density at radius 1 is 0.774 bits per heavy atom. The fourth-order valence-electron chi connectivity index (χ4n) is 4.90. The average Bonchev–Trinajstić information content (AvgIpc) is 3.27. The minimum Gasteiger partial charge on any atom is -0.456 e. The second kappa shape index (κ2) is 7.85. The Balaban J connectivity index is 2.05. The van der Waals surface area contributed by atoms with Crippen LogP contribution in [0, 0.1) is 0 Å². The van der Waals surface area contributed by atoms with E-state index in [2.05, 4.69) is 79.7 Å². The molecule has 0 amide bonds. The Bertz CT molecular complexity index is 1110. The number of rotatable bonds is 5. The maximum Gasteiger partial charge on any atom is 0.315 e. The Labute approximate surface area is 185 Å². The molecule has 3 aromatic rings. The maximum absolute atomic E-state index is 12.2. The zero-order valence-electron chi connectivity index (χ0n) is 20.1. The lowest BCUT2D eigenvalue weighted by atomic mass is 9.85. The summed E-state index contributed by atoms with van der Waals surface area (Å²) in [6.45, 7) is 17.5. The molecule has 0 bridgehead atoms. The smallest absolute Gasteiger partial charge is 0.315 e. The van der Waals surface area contributed by atoms with Gasteiger partial charge in [-0.05, 0) is 58.1 Å². The number of fused-ring (bicyclic) bond motifs is 2. The molecule has 164 valence electrons. The highest BCUT2D eigenvalue weighted by atomic mass is 16.5. The predicted octanol–water partition coefficient (Wildman–Crippen LogP) is 8.05. The van der Waals surface area contributed by atoms with Gasteiger partial charge >= 0.3 is 5.97 Å². The number of hydrogen-bond acceptors (Lipinski definition) is 3. The fraction of sp³-hybridized carbons (Fsp3) is 0.464. The normalized spacial score (nSPS) is 13.9. The van der Waals surface area contributed by atoms with E-state index in [9.17, 15) is 4.79 Å². The van der Waals surface area contributed by atoms with Gasteiger partial charge in [0.15, 0.2) is 0 Å². The van der Waals surface area contributed by atoms with Crippen molar-refractivity contribution in [3.8, 4) is 17.1 Å². The van der Waals surface area contributed by atoms with Crippen LogP contribution in [0.1, 0.15) is 107 Å². The van der Waals surface area contributed by atoms with Gasteiger partial charge < -0.3 is 9.15 Å². The van der Waals surface area contributed by atoms with Gasteiger partial charge in [0, 0.05) is 16.5 Å². The molecular weight excluding hydrogens is 384 g/mol. The standard InChI is InChI=1S/C28H34O3/c1-14(2)18-9-10-19(15(3)4)27-21(18)12-24(30-27)22-11-20(16(5)6)28-23(13-25(29)31-28)26(22)17(7)8/h9-12,14-17H,13H2,1-8H3. The van der Waals surface area contributed by atoms with Crippen LogP contribution in [-0.4, -0.2) is 5.97 Å². The SMILES string of the molecule is CC(C)c1cc(-c2cc3c(C(C)C)ccc(C(C)C)c3o2)c(C(C)C)c2c1OC(=O)C2. The van der Waals surface area contributed by atoms with Crippen molar-refractivity contribution in [3.05, 3.63) is 52.1 Å². The van der Waals surface area contributed by atoms with Crippen molar-refractivity contribution >= 4 is 16.9 Å². The second-order valence-electron chi connectivity index (χ2n) is 10.1. The zero-order valence-corrected chi connectivity index (χ0v) is 20.1. The lowest BCUT2D eigenvalue weighted by Gasteiger charge is -2.19. The van der Waals surface area contributed by atoms with Crippen LogP contribution in [0.3, 0.4) is 0 Å². The predicted molar refractivity (Wildman–Crippen MR) is 127 cm³/mol. The first-order chi connectivity index (χ1) is 14.6. The van der Waals surface area contributed by atoms with Gasteiger partial charge in [0.25, 0.3) is 0 Å². The molecule has 0 saturated heterocycles. The van der Waals surface area contributed by atoms with Gasteiger partial charge in [-0.15, -0.1) is 0 Å². The fourth-order valence-corrected chi connectivity index (χ4v) is 4.90. The number of furan rings is 1. The van der Waals surface area contributed by atoms with Crippen LogP contribution in [0.2, 0.25) is 0 Å². The van der Waals surface area contributed by atoms with Crippen molar-refractivity contribution in [2.45, 2.75) is 85.5 Å². The van der Waals surface area contributed by atoms with E-state index >= 15 is 0 Å². The lowest BCUT2D eigenvalue weighted by Crippen LogP contribution is -2.01.